The van der Waals surface area contributed by atoms with Gasteiger partial charge in [0, 0.05) is 0 Å². The predicted molar refractivity (Wildman–Crippen MR) is 105 cm³/mol. The zero-order chi connectivity index (χ0) is 19.9. The van der Waals surface area contributed by atoms with Gasteiger partial charge in [0.1, 0.15) is 23.1 Å². The monoisotopic (exact) mass is 366 g/mol. The highest BCUT2D eigenvalue weighted by Crippen LogP contribution is 2.20. The fraction of sp³-hybridized carbons (Fsp3) is 0.455. The fourth-order valence-electron chi connectivity index (χ4n) is 2.12. The molecule has 0 amide bonds. The van der Waals surface area contributed by atoms with Gasteiger partial charge in [0.2, 0.25) is 0 Å². The SMILES string of the molecule is CC.CC.Cc1cc(F)ccc1OCCCCOc1ccc(F)cc1C. The first-order valence-electron chi connectivity index (χ1n) is 9.34. The average molecular weight is 366 g/mol. The van der Waals surface area contributed by atoms with Crippen LogP contribution >= 0.6 is 0 Å². The molecule has 0 unspecified atom stereocenters. The molecule has 2 aromatic carbocycles. The highest BCUT2D eigenvalue weighted by molar-refractivity contribution is 5.33. The van der Waals surface area contributed by atoms with Gasteiger partial charge in [-0.25, -0.2) is 8.78 Å². The minimum atomic E-state index is -0.257. The third-order valence-corrected chi connectivity index (χ3v) is 3.33. The van der Waals surface area contributed by atoms with E-state index < -0.39 is 0 Å². The van der Waals surface area contributed by atoms with E-state index in [-0.39, 0.29) is 11.6 Å². The van der Waals surface area contributed by atoms with Crippen LogP contribution in [0, 0.1) is 25.5 Å². The minimum Gasteiger partial charge on any atom is -0.493 e. The number of halogens is 2. The van der Waals surface area contributed by atoms with Crippen molar-refractivity contribution in [3.05, 3.63) is 59.2 Å². The summed E-state index contributed by atoms with van der Waals surface area (Å²) in [6.07, 6.45) is 1.66. The van der Waals surface area contributed by atoms with Crippen LogP contribution in [-0.2, 0) is 0 Å². The van der Waals surface area contributed by atoms with E-state index in [9.17, 15) is 8.78 Å². The summed E-state index contributed by atoms with van der Waals surface area (Å²) in [5.41, 5.74) is 1.58. The van der Waals surface area contributed by atoms with Crippen molar-refractivity contribution >= 4 is 0 Å². The fourth-order valence-corrected chi connectivity index (χ4v) is 2.12. The summed E-state index contributed by atoms with van der Waals surface area (Å²) in [6, 6.07) is 8.98. The normalized spacial score (nSPS) is 9.38. The molecule has 0 aliphatic carbocycles. The number of unbranched alkanes of at least 4 members (excludes halogenated alkanes) is 1. The molecule has 26 heavy (non-hydrogen) atoms. The molecular weight excluding hydrogens is 334 g/mol. The zero-order valence-electron chi connectivity index (χ0n) is 16.9. The Morgan fingerprint density at radius 2 is 1.00 bits per heavy atom. The van der Waals surface area contributed by atoms with Crippen molar-refractivity contribution in [2.45, 2.75) is 54.4 Å². The molecule has 0 N–H and O–H groups in total. The molecule has 0 saturated carbocycles. The Morgan fingerprint density at radius 3 is 1.31 bits per heavy atom. The van der Waals surface area contributed by atoms with E-state index in [0.29, 0.717) is 24.7 Å². The molecule has 0 bridgehead atoms. The molecule has 2 aromatic rings. The molecule has 0 aliphatic heterocycles. The second kappa shape index (κ2) is 14.1. The molecule has 0 aliphatic rings. The molecular formula is C22H32F2O2. The Bertz CT molecular complexity index is 572. The van der Waals surface area contributed by atoms with Gasteiger partial charge in [0.05, 0.1) is 13.2 Å². The van der Waals surface area contributed by atoms with E-state index in [0.717, 1.165) is 24.0 Å². The molecule has 2 rings (SSSR count). The Hall–Kier alpha value is -2.10. The third kappa shape index (κ3) is 8.84. The smallest absolute Gasteiger partial charge is 0.123 e. The molecule has 0 heterocycles. The van der Waals surface area contributed by atoms with Gasteiger partial charge in [-0.2, -0.15) is 0 Å². The summed E-state index contributed by atoms with van der Waals surface area (Å²) in [5.74, 6) is 0.897. The molecule has 0 saturated heterocycles. The van der Waals surface area contributed by atoms with Crippen LogP contribution in [0.25, 0.3) is 0 Å². The third-order valence-electron chi connectivity index (χ3n) is 3.33. The van der Waals surface area contributed by atoms with E-state index in [2.05, 4.69) is 0 Å². The first-order chi connectivity index (χ1) is 12.6. The van der Waals surface area contributed by atoms with E-state index in [1.54, 1.807) is 12.1 Å². The lowest BCUT2D eigenvalue weighted by Crippen LogP contribution is -2.04. The van der Waals surface area contributed by atoms with Crippen molar-refractivity contribution in [1.29, 1.82) is 0 Å². The minimum absolute atomic E-state index is 0.257. The van der Waals surface area contributed by atoms with Gasteiger partial charge < -0.3 is 9.47 Å². The van der Waals surface area contributed by atoms with Crippen molar-refractivity contribution in [2.75, 3.05) is 13.2 Å². The molecule has 146 valence electrons. The maximum atomic E-state index is 13.0. The summed E-state index contributed by atoms with van der Waals surface area (Å²) in [7, 11) is 0. The van der Waals surface area contributed by atoms with Crippen molar-refractivity contribution in [1.82, 2.24) is 0 Å². The van der Waals surface area contributed by atoms with Crippen LogP contribution < -0.4 is 9.47 Å². The van der Waals surface area contributed by atoms with E-state index >= 15 is 0 Å². The summed E-state index contributed by atoms with van der Waals surface area (Å²) >= 11 is 0. The predicted octanol–water partition coefficient (Wildman–Crippen LogP) is 6.87. The lowest BCUT2D eigenvalue weighted by atomic mass is 10.2. The van der Waals surface area contributed by atoms with Crippen molar-refractivity contribution in [2.24, 2.45) is 0 Å². The van der Waals surface area contributed by atoms with Crippen LogP contribution in [0.15, 0.2) is 36.4 Å². The van der Waals surface area contributed by atoms with Crippen LogP contribution in [0.5, 0.6) is 11.5 Å². The van der Waals surface area contributed by atoms with Gasteiger partial charge in [0.25, 0.3) is 0 Å². The van der Waals surface area contributed by atoms with Crippen molar-refractivity contribution in [3.8, 4) is 11.5 Å². The quantitative estimate of drug-likeness (QED) is 0.498. The molecule has 0 spiro atoms. The second-order valence-electron chi connectivity index (χ2n) is 5.22. The Kier molecular flexibility index (Phi) is 13.0. The molecule has 4 heteroatoms. The molecule has 0 fully saturated rings. The topological polar surface area (TPSA) is 18.5 Å². The van der Waals surface area contributed by atoms with Crippen LogP contribution in [0.2, 0.25) is 0 Å². The number of hydrogen-bond acceptors (Lipinski definition) is 2. The summed E-state index contributed by atoms with van der Waals surface area (Å²) in [6.45, 7) is 12.7. The van der Waals surface area contributed by atoms with Crippen molar-refractivity contribution in [3.63, 3.8) is 0 Å². The van der Waals surface area contributed by atoms with E-state index in [1.807, 2.05) is 41.5 Å². The van der Waals surface area contributed by atoms with Gasteiger partial charge in [-0.1, -0.05) is 27.7 Å². The van der Waals surface area contributed by atoms with Crippen LogP contribution in [0.3, 0.4) is 0 Å². The lowest BCUT2D eigenvalue weighted by Gasteiger charge is -2.10. The highest BCUT2D eigenvalue weighted by atomic mass is 19.1. The highest BCUT2D eigenvalue weighted by Gasteiger charge is 2.02. The van der Waals surface area contributed by atoms with Crippen LogP contribution in [-0.4, -0.2) is 13.2 Å². The first kappa shape index (κ1) is 23.9. The molecule has 0 radical (unpaired) electrons. The number of aryl methyl sites for hydroxylation is 2. The Balaban J connectivity index is 0.00000146. The maximum Gasteiger partial charge on any atom is 0.123 e. The summed E-state index contributed by atoms with van der Waals surface area (Å²) in [5, 5.41) is 0. The summed E-state index contributed by atoms with van der Waals surface area (Å²) in [4.78, 5) is 0. The van der Waals surface area contributed by atoms with Gasteiger partial charge in [-0.15, -0.1) is 0 Å². The van der Waals surface area contributed by atoms with Crippen molar-refractivity contribution < 1.29 is 18.3 Å². The average Bonchev–Trinajstić information content (AvgIpc) is 2.64. The summed E-state index contributed by atoms with van der Waals surface area (Å²) < 4.78 is 37.1. The number of hydrogen-bond donors (Lipinski definition) is 0. The maximum absolute atomic E-state index is 13.0. The van der Waals surface area contributed by atoms with Gasteiger partial charge >= 0.3 is 0 Å². The lowest BCUT2D eigenvalue weighted by molar-refractivity contribution is 0.264. The van der Waals surface area contributed by atoms with E-state index in [1.165, 1.54) is 24.3 Å². The largest absolute Gasteiger partial charge is 0.493 e. The van der Waals surface area contributed by atoms with E-state index in [4.69, 9.17) is 9.47 Å². The second-order valence-corrected chi connectivity index (χ2v) is 5.22. The number of rotatable bonds is 7. The Labute approximate surface area is 157 Å². The number of benzene rings is 2. The van der Waals surface area contributed by atoms with Gasteiger partial charge in [-0.05, 0) is 74.2 Å². The zero-order valence-corrected chi connectivity index (χ0v) is 16.9. The van der Waals surface area contributed by atoms with Crippen LogP contribution in [0.4, 0.5) is 8.78 Å². The number of ether oxygens (including phenoxy) is 2. The van der Waals surface area contributed by atoms with Gasteiger partial charge in [-0.3, -0.25) is 0 Å². The van der Waals surface area contributed by atoms with Crippen LogP contribution in [0.1, 0.15) is 51.7 Å². The molecule has 0 aromatic heterocycles. The Morgan fingerprint density at radius 1 is 0.654 bits per heavy atom. The molecule has 2 nitrogen and oxygen atoms in total. The first-order valence-corrected chi connectivity index (χ1v) is 9.34. The molecule has 0 atom stereocenters. The standard InChI is InChI=1S/C18H20F2O2.2C2H6/c1-13-11-15(19)5-7-17(13)21-9-3-4-10-22-18-8-6-16(20)12-14(18)2;2*1-2/h5-8,11-12H,3-4,9-10H2,1-2H3;2*1-2H3. The van der Waals surface area contributed by atoms with Gasteiger partial charge in [0.15, 0.2) is 0 Å².